The van der Waals surface area contributed by atoms with Crippen molar-refractivity contribution in [2.75, 3.05) is 26.2 Å². The number of nitrogens with one attached hydrogen (secondary N) is 1. The number of hydrogen-bond acceptors (Lipinski definition) is 5. The summed E-state index contributed by atoms with van der Waals surface area (Å²) < 4.78 is 0. The third-order valence-electron chi connectivity index (χ3n) is 6.47. The van der Waals surface area contributed by atoms with Gasteiger partial charge in [0.15, 0.2) is 0 Å². The van der Waals surface area contributed by atoms with Crippen molar-refractivity contribution in [1.82, 2.24) is 15.1 Å². The molecule has 2 amide bonds. The van der Waals surface area contributed by atoms with Gasteiger partial charge in [0.25, 0.3) is 5.91 Å². The number of aliphatic hydroxyl groups is 1. The second-order valence-electron chi connectivity index (χ2n) is 9.59. The molecule has 0 aromatic heterocycles. The molecule has 1 aromatic carbocycles. The first-order valence-corrected chi connectivity index (χ1v) is 10.9. The molecule has 0 unspecified atom stereocenters. The van der Waals surface area contributed by atoms with Crippen LogP contribution in [-0.2, 0) is 10.2 Å². The van der Waals surface area contributed by atoms with Gasteiger partial charge in [0.2, 0.25) is 5.91 Å². The molecule has 1 heterocycles. The fourth-order valence-electron chi connectivity index (χ4n) is 4.51. The quantitative estimate of drug-likeness (QED) is 0.698. The number of aromatic hydroxyl groups is 1. The Hall–Kier alpha value is -2.12. The molecule has 1 aliphatic heterocycles. The molecule has 1 saturated heterocycles. The van der Waals surface area contributed by atoms with Crippen LogP contribution in [-0.4, -0.2) is 76.2 Å². The normalized spacial score (nSPS) is 25.8. The molecule has 3 atom stereocenters. The number of hydrogen-bond donors (Lipinski definition) is 3. The van der Waals surface area contributed by atoms with Crippen LogP contribution < -0.4 is 5.32 Å². The highest BCUT2D eigenvalue weighted by molar-refractivity contribution is 5.97. The van der Waals surface area contributed by atoms with Crippen LogP contribution in [0.1, 0.15) is 62.9 Å². The smallest absolute Gasteiger partial charge is 0.255 e. The average Bonchev–Trinajstić information content (AvgIpc) is 2.69. The Morgan fingerprint density at radius 3 is 2.37 bits per heavy atom. The van der Waals surface area contributed by atoms with Gasteiger partial charge in [0.05, 0.1) is 17.7 Å². The first-order valence-electron chi connectivity index (χ1n) is 10.9. The topological polar surface area (TPSA) is 93.1 Å². The maximum Gasteiger partial charge on any atom is 0.255 e. The molecule has 0 radical (unpaired) electrons. The van der Waals surface area contributed by atoms with Gasteiger partial charge < -0.3 is 20.4 Å². The number of carbonyl (C=O) groups is 2. The highest BCUT2D eigenvalue weighted by Crippen LogP contribution is 2.29. The van der Waals surface area contributed by atoms with Crippen molar-refractivity contribution in [3.8, 4) is 5.75 Å². The van der Waals surface area contributed by atoms with Crippen LogP contribution >= 0.6 is 0 Å². The fraction of sp³-hybridized carbons (Fsp3) is 0.652. The molecule has 3 rings (SSSR count). The van der Waals surface area contributed by atoms with E-state index in [1.807, 2.05) is 11.0 Å². The molecule has 2 fully saturated rings. The SMILES string of the molecule is CC(=O)N1CCN([C@@H]2CCC[C@@H](NC(=O)c3cc(C(C)(C)C)ccc3O)[C@H]2O)CC1. The third-order valence-corrected chi connectivity index (χ3v) is 6.47. The largest absolute Gasteiger partial charge is 0.507 e. The molecule has 1 aromatic rings. The van der Waals surface area contributed by atoms with Crippen molar-refractivity contribution in [3.63, 3.8) is 0 Å². The Bertz CT molecular complexity index is 781. The molecule has 30 heavy (non-hydrogen) atoms. The van der Waals surface area contributed by atoms with Crippen molar-refractivity contribution in [1.29, 1.82) is 0 Å². The number of phenolic OH excluding ortho intramolecular Hbond substituents is 1. The second-order valence-corrected chi connectivity index (χ2v) is 9.59. The number of nitrogens with zero attached hydrogens (tertiary/aromatic N) is 2. The van der Waals surface area contributed by atoms with Crippen molar-refractivity contribution >= 4 is 11.8 Å². The monoisotopic (exact) mass is 417 g/mol. The van der Waals surface area contributed by atoms with E-state index in [0.717, 1.165) is 31.5 Å². The summed E-state index contributed by atoms with van der Waals surface area (Å²) in [5, 5.41) is 24.2. The van der Waals surface area contributed by atoms with Crippen molar-refractivity contribution in [2.45, 2.75) is 70.6 Å². The second kappa shape index (κ2) is 8.94. The van der Waals surface area contributed by atoms with E-state index in [9.17, 15) is 19.8 Å². The summed E-state index contributed by atoms with van der Waals surface area (Å²) in [5.74, 6) is -0.325. The first kappa shape index (κ1) is 22.6. The Labute approximate surface area is 179 Å². The van der Waals surface area contributed by atoms with Crippen LogP contribution in [0.2, 0.25) is 0 Å². The minimum atomic E-state index is -0.681. The number of amides is 2. The number of rotatable bonds is 3. The van der Waals surface area contributed by atoms with E-state index in [1.165, 1.54) is 0 Å². The minimum Gasteiger partial charge on any atom is -0.507 e. The fourth-order valence-corrected chi connectivity index (χ4v) is 4.51. The van der Waals surface area contributed by atoms with E-state index in [2.05, 4.69) is 31.0 Å². The van der Waals surface area contributed by atoms with Gasteiger partial charge in [-0.05, 0) is 42.4 Å². The maximum atomic E-state index is 12.9. The molecular weight excluding hydrogens is 382 g/mol. The molecule has 7 nitrogen and oxygen atoms in total. The van der Waals surface area contributed by atoms with E-state index in [0.29, 0.717) is 19.5 Å². The van der Waals surface area contributed by atoms with Gasteiger partial charge in [0.1, 0.15) is 5.75 Å². The lowest BCUT2D eigenvalue weighted by molar-refractivity contribution is -0.131. The Morgan fingerprint density at radius 2 is 1.77 bits per heavy atom. The Morgan fingerprint density at radius 1 is 1.10 bits per heavy atom. The first-order chi connectivity index (χ1) is 14.1. The van der Waals surface area contributed by atoms with Gasteiger partial charge >= 0.3 is 0 Å². The van der Waals surface area contributed by atoms with Gasteiger partial charge in [0, 0.05) is 39.1 Å². The zero-order valence-electron chi connectivity index (χ0n) is 18.5. The van der Waals surface area contributed by atoms with E-state index < -0.39 is 6.10 Å². The van der Waals surface area contributed by atoms with Crippen LogP contribution in [0.5, 0.6) is 5.75 Å². The van der Waals surface area contributed by atoms with Crippen molar-refractivity contribution < 1.29 is 19.8 Å². The summed E-state index contributed by atoms with van der Waals surface area (Å²) in [6, 6.07) is 4.73. The molecule has 166 valence electrons. The molecule has 0 bridgehead atoms. The Kier molecular flexibility index (Phi) is 6.72. The predicted octanol–water partition coefficient (Wildman–Crippen LogP) is 1.87. The molecule has 0 spiro atoms. The molecule has 7 heteroatoms. The molecular formula is C23H35N3O4. The highest BCUT2D eigenvalue weighted by Gasteiger charge is 2.37. The number of benzene rings is 1. The summed E-state index contributed by atoms with van der Waals surface area (Å²) in [5.41, 5.74) is 1.07. The Balaban J connectivity index is 1.67. The lowest BCUT2D eigenvalue weighted by Gasteiger charge is -2.45. The average molecular weight is 418 g/mol. The molecule has 3 N–H and O–H groups in total. The van der Waals surface area contributed by atoms with Crippen LogP contribution in [0, 0.1) is 0 Å². The summed E-state index contributed by atoms with van der Waals surface area (Å²) in [7, 11) is 0. The van der Waals surface area contributed by atoms with E-state index in [4.69, 9.17) is 0 Å². The third kappa shape index (κ3) is 4.95. The predicted molar refractivity (Wildman–Crippen MR) is 116 cm³/mol. The van der Waals surface area contributed by atoms with Gasteiger partial charge in [-0.2, -0.15) is 0 Å². The zero-order valence-corrected chi connectivity index (χ0v) is 18.5. The number of aliphatic hydroxyl groups excluding tert-OH is 1. The van der Waals surface area contributed by atoms with E-state index >= 15 is 0 Å². The van der Waals surface area contributed by atoms with Crippen LogP contribution in [0.15, 0.2) is 18.2 Å². The van der Waals surface area contributed by atoms with Gasteiger partial charge in [-0.25, -0.2) is 0 Å². The summed E-state index contributed by atoms with van der Waals surface area (Å²) in [6.07, 6.45) is 1.81. The number of phenols is 1. The van der Waals surface area contributed by atoms with Gasteiger partial charge in [-0.1, -0.05) is 26.8 Å². The summed E-state index contributed by atoms with van der Waals surface area (Å²) in [6.45, 7) is 10.6. The highest BCUT2D eigenvalue weighted by atomic mass is 16.3. The lowest BCUT2D eigenvalue weighted by atomic mass is 9.85. The van der Waals surface area contributed by atoms with Gasteiger partial charge in [-0.3, -0.25) is 14.5 Å². The standard InChI is InChI=1S/C23H35N3O4/c1-15(27)25-10-12-26(13-11-25)19-7-5-6-18(21(19)29)24-22(30)17-14-16(23(2,3)4)8-9-20(17)28/h8-9,14,18-19,21,28-29H,5-7,10-13H2,1-4H3,(H,24,30)/t18-,19-,21-/m1/s1. The van der Waals surface area contributed by atoms with Crippen LogP contribution in [0.3, 0.4) is 0 Å². The summed E-state index contributed by atoms with van der Waals surface area (Å²) in [4.78, 5) is 28.5. The minimum absolute atomic E-state index is 0.0346. The molecule has 1 aliphatic carbocycles. The van der Waals surface area contributed by atoms with Crippen LogP contribution in [0.25, 0.3) is 0 Å². The maximum absolute atomic E-state index is 12.9. The molecule has 1 saturated carbocycles. The van der Waals surface area contributed by atoms with Gasteiger partial charge in [-0.15, -0.1) is 0 Å². The molecule has 2 aliphatic rings. The van der Waals surface area contributed by atoms with E-state index in [1.54, 1.807) is 19.1 Å². The zero-order chi connectivity index (χ0) is 22.1. The van der Waals surface area contributed by atoms with Crippen LogP contribution in [0.4, 0.5) is 0 Å². The number of piperazine rings is 1. The van der Waals surface area contributed by atoms with E-state index in [-0.39, 0.29) is 40.6 Å². The number of carbonyl (C=O) groups excluding carboxylic acids is 2. The van der Waals surface area contributed by atoms with Crippen molar-refractivity contribution in [2.24, 2.45) is 0 Å². The summed E-state index contributed by atoms with van der Waals surface area (Å²) >= 11 is 0. The van der Waals surface area contributed by atoms with Crippen molar-refractivity contribution in [3.05, 3.63) is 29.3 Å². The lowest BCUT2D eigenvalue weighted by Crippen LogP contribution is -2.60.